The molecule has 2 aromatic heterocycles. The molecule has 18 heavy (non-hydrogen) atoms. The lowest BCUT2D eigenvalue weighted by Crippen LogP contribution is -2.01. The molecule has 96 valence electrons. The van der Waals surface area contributed by atoms with E-state index >= 15 is 0 Å². The fraction of sp³-hybridized carbons (Fsp3) is 0.286. The first-order chi connectivity index (χ1) is 8.47. The molecule has 0 radical (unpaired) electrons. The van der Waals surface area contributed by atoms with E-state index in [1.807, 2.05) is 0 Å². The maximum Gasteiger partial charge on any atom is 0.316 e. The summed E-state index contributed by atoms with van der Waals surface area (Å²) in [5.74, 6) is 0. The standard InChI is InChI=1S/C7H6F2N6O2S/c8-6(9)5-3(15(16)17)1-14(13-5)2-4-11-12-7(10)18-4/h1,6H,2H2,(H2,10,12). The van der Waals surface area contributed by atoms with E-state index in [0.29, 0.717) is 5.01 Å². The third-order valence-corrected chi connectivity index (χ3v) is 2.69. The molecule has 0 bridgehead atoms. The van der Waals surface area contributed by atoms with E-state index in [2.05, 4.69) is 15.3 Å². The molecule has 2 heterocycles. The van der Waals surface area contributed by atoms with Crippen molar-refractivity contribution in [2.45, 2.75) is 13.0 Å². The van der Waals surface area contributed by atoms with Gasteiger partial charge < -0.3 is 5.73 Å². The van der Waals surface area contributed by atoms with Gasteiger partial charge in [-0.1, -0.05) is 11.3 Å². The van der Waals surface area contributed by atoms with Gasteiger partial charge in [0.05, 0.1) is 11.5 Å². The number of nitrogens with zero attached hydrogens (tertiary/aromatic N) is 5. The minimum absolute atomic E-state index is 0.00241. The number of halogens is 2. The first-order valence-corrected chi connectivity index (χ1v) is 5.36. The molecule has 2 rings (SSSR count). The van der Waals surface area contributed by atoms with Gasteiger partial charge >= 0.3 is 5.69 Å². The molecule has 0 atom stereocenters. The van der Waals surface area contributed by atoms with Gasteiger partial charge in [-0.05, 0) is 0 Å². The normalized spacial score (nSPS) is 11.1. The van der Waals surface area contributed by atoms with Crippen molar-refractivity contribution in [1.82, 2.24) is 20.0 Å². The zero-order valence-electron chi connectivity index (χ0n) is 8.66. The van der Waals surface area contributed by atoms with Gasteiger partial charge in [-0.25, -0.2) is 8.78 Å². The van der Waals surface area contributed by atoms with Crippen LogP contribution in [0.3, 0.4) is 0 Å². The van der Waals surface area contributed by atoms with Crippen LogP contribution >= 0.6 is 11.3 Å². The monoisotopic (exact) mass is 276 g/mol. The highest BCUT2D eigenvalue weighted by molar-refractivity contribution is 7.15. The number of hydrogen-bond acceptors (Lipinski definition) is 7. The lowest BCUT2D eigenvalue weighted by molar-refractivity contribution is -0.386. The van der Waals surface area contributed by atoms with Crippen LogP contribution in [0.4, 0.5) is 19.6 Å². The molecule has 0 fully saturated rings. The Balaban J connectivity index is 2.29. The predicted octanol–water partition coefficient (Wildman–Crippen LogP) is 1.21. The van der Waals surface area contributed by atoms with Crippen LogP contribution in [0.2, 0.25) is 0 Å². The minimum Gasteiger partial charge on any atom is -0.374 e. The molecule has 2 aromatic rings. The molecule has 0 saturated heterocycles. The van der Waals surface area contributed by atoms with Crippen molar-refractivity contribution in [3.8, 4) is 0 Å². The Hall–Kier alpha value is -2.17. The van der Waals surface area contributed by atoms with Crippen LogP contribution in [0.15, 0.2) is 6.20 Å². The van der Waals surface area contributed by atoms with Crippen LogP contribution in [0.25, 0.3) is 0 Å². The topological polar surface area (TPSA) is 113 Å². The van der Waals surface area contributed by atoms with Gasteiger partial charge in [-0.2, -0.15) is 5.10 Å². The average Bonchev–Trinajstić information content (AvgIpc) is 2.85. The second-order valence-electron chi connectivity index (χ2n) is 3.19. The van der Waals surface area contributed by atoms with Crippen LogP contribution in [0, 0.1) is 10.1 Å². The summed E-state index contributed by atoms with van der Waals surface area (Å²) in [6.07, 6.45) is -2.08. The second-order valence-corrected chi connectivity index (χ2v) is 4.28. The molecule has 0 aliphatic rings. The molecule has 0 aliphatic heterocycles. The fourth-order valence-electron chi connectivity index (χ4n) is 1.27. The third-order valence-electron chi connectivity index (χ3n) is 1.95. The summed E-state index contributed by atoms with van der Waals surface area (Å²) in [6, 6.07) is 0. The Morgan fingerprint density at radius 1 is 1.56 bits per heavy atom. The average molecular weight is 276 g/mol. The third kappa shape index (κ3) is 2.40. The molecule has 0 aromatic carbocycles. The maximum atomic E-state index is 12.5. The Bertz CT molecular complexity index is 582. The van der Waals surface area contributed by atoms with Gasteiger partial charge in [0.1, 0.15) is 11.2 Å². The van der Waals surface area contributed by atoms with Crippen molar-refractivity contribution in [3.63, 3.8) is 0 Å². The van der Waals surface area contributed by atoms with Crippen molar-refractivity contribution in [1.29, 1.82) is 0 Å². The van der Waals surface area contributed by atoms with Gasteiger partial charge in [0, 0.05) is 0 Å². The summed E-state index contributed by atoms with van der Waals surface area (Å²) in [6.45, 7) is 0.00241. The van der Waals surface area contributed by atoms with Crippen molar-refractivity contribution >= 4 is 22.2 Å². The molecule has 0 spiro atoms. The number of aromatic nitrogens is 4. The summed E-state index contributed by atoms with van der Waals surface area (Å²) in [7, 11) is 0. The molecule has 0 amide bonds. The van der Waals surface area contributed by atoms with E-state index < -0.39 is 22.7 Å². The summed E-state index contributed by atoms with van der Waals surface area (Å²) in [5.41, 5.74) is 3.77. The van der Waals surface area contributed by atoms with Gasteiger partial charge in [-0.3, -0.25) is 14.8 Å². The van der Waals surface area contributed by atoms with E-state index in [9.17, 15) is 18.9 Å². The lowest BCUT2D eigenvalue weighted by atomic mass is 10.4. The van der Waals surface area contributed by atoms with Gasteiger partial charge in [-0.15, -0.1) is 10.2 Å². The van der Waals surface area contributed by atoms with Crippen LogP contribution < -0.4 is 5.73 Å². The zero-order valence-corrected chi connectivity index (χ0v) is 9.47. The molecule has 2 N–H and O–H groups in total. The molecule has 0 aliphatic carbocycles. The Labute approximate surface area is 102 Å². The van der Waals surface area contributed by atoms with Crippen molar-refractivity contribution in [2.75, 3.05) is 5.73 Å². The van der Waals surface area contributed by atoms with E-state index in [4.69, 9.17) is 5.73 Å². The Kier molecular flexibility index (Phi) is 3.14. The number of rotatable bonds is 4. The predicted molar refractivity (Wildman–Crippen MR) is 57.3 cm³/mol. The number of anilines is 1. The summed E-state index contributed by atoms with van der Waals surface area (Å²) < 4.78 is 26.1. The quantitative estimate of drug-likeness (QED) is 0.663. The van der Waals surface area contributed by atoms with Gasteiger partial charge in [0.25, 0.3) is 6.43 Å². The molecule has 11 heteroatoms. The SMILES string of the molecule is Nc1nnc(Cn2cc([N+](=O)[O-])c(C(F)F)n2)s1. The van der Waals surface area contributed by atoms with E-state index in [0.717, 1.165) is 22.2 Å². The number of hydrogen-bond donors (Lipinski definition) is 1. The van der Waals surface area contributed by atoms with Crippen molar-refractivity contribution < 1.29 is 13.7 Å². The number of nitro groups is 1. The van der Waals surface area contributed by atoms with Crippen molar-refractivity contribution in [2.24, 2.45) is 0 Å². The largest absolute Gasteiger partial charge is 0.374 e. The highest BCUT2D eigenvalue weighted by Gasteiger charge is 2.26. The summed E-state index contributed by atoms with van der Waals surface area (Å²) >= 11 is 1.05. The van der Waals surface area contributed by atoms with E-state index in [1.165, 1.54) is 0 Å². The molecule has 0 saturated carbocycles. The summed E-state index contributed by atoms with van der Waals surface area (Å²) in [5, 5.41) is 21.9. The Morgan fingerprint density at radius 3 is 2.72 bits per heavy atom. The van der Waals surface area contributed by atoms with Crippen LogP contribution in [-0.2, 0) is 6.54 Å². The second kappa shape index (κ2) is 4.60. The smallest absolute Gasteiger partial charge is 0.316 e. The maximum absolute atomic E-state index is 12.5. The highest BCUT2D eigenvalue weighted by atomic mass is 32.1. The van der Waals surface area contributed by atoms with Gasteiger partial charge in [0.2, 0.25) is 10.8 Å². The first kappa shape index (κ1) is 12.3. The van der Waals surface area contributed by atoms with Gasteiger partial charge in [0.15, 0.2) is 0 Å². The molecular formula is C7H6F2N6O2S. The van der Waals surface area contributed by atoms with E-state index in [-0.39, 0.29) is 11.7 Å². The van der Waals surface area contributed by atoms with E-state index in [1.54, 1.807) is 0 Å². The van der Waals surface area contributed by atoms with Crippen LogP contribution in [0.5, 0.6) is 0 Å². The molecule has 8 nitrogen and oxygen atoms in total. The highest BCUT2D eigenvalue weighted by Crippen LogP contribution is 2.27. The van der Waals surface area contributed by atoms with Crippen LogP contribution in [-0.4, -0.2) is 24.9 Å². The number of nitrogens with two attached hydrogens (primary N) is 1. The number of nitrogen functional groups attached to an aromatic ring is 1. The first-order valence-electron chi connectivity index (χ1n) is 4.55. The number of alkyl halides is 2. The fourth-order valence-corrected chi connectivity index (χ4v) is 1.87. The van der Waals surface area contributed by atoms with Crippen molar-refractivity contribution in [3.05, 3.63) is 27.0 Å². The molecule has 0 unspecified atom stereocenters. The molecular weight excluding hydrogens is 270 g/mol. The lowest BCUT2D eigenvalue weighted by Gasteiger charge is -1.94. The zero-order chi connectivity index (χ0) is 13.3. The summed E-state index contributed by atoms with van der Waals surface area (Å²) in [4.78, 5) is 9.67. The van der Waals surface area contributed by atoms with Crippen LogP contribution in [0.1, 0.15) is 17.1 Å². The Morgan fingerprint density at radius 2 is 2.28 bits per heavy atom. The minimum atomic E-state index is -3.01.